The Morgan fingerprint density at radius 3 is 2.39 bits per heavy atom. The van der Waals surface area contributed by atoms with Gasteiger partial charge in [0.2, 0.25) is 0 Å². The van der Waals surface area contributed by atoms with Crippen molar-refractivity contribution in [2.24, 2.45) is 5.92 Å². The molecule has 7 nitrogen and oxygen atoms in total. The molecule has 1 aliphatic rings. The number of fused-ring (bicyclic) bond motifs is 1. The van der Waals surface area contributed by atoms with Crippen LogP contribution in [0.4, 0.5) is 10.5 Å². The number of rotatable bonds is 7. The molecule has 1 N–H and O–H groups in total. The molecule has 0 aromatic heterocycles. The van der Waals surface area contributed by atoms with Crippen molar-refractivity contribution in [3.63, 3.8) is 0 Å². The summed E-state index contributed by atoms with van der Waals surface area (Å²) in [6.45, 7) is 5.73. The highest BCUT2D eigenvalue weighted by molar-refractivity contribution is 6.05. The Bertz CT molecular complexity index is 929. The molecule has 2 amide bonds. The predicted molar refractivity (Wildman–Crippen MR) is 116 cm³/mol. The highest BCUT2D eigenvalue weighted by atomic mass is 16.5. The summed E-state index contributed by atoms with van der Waals surface area (Å²) >= 11 is 0. The van der Waals surface area contributed by atoms with Crippen LogP contribution in [0.25, 0.3) is 0 Å². The van der Waals surface area contributed by atoms with Crippen molar-refractivity contribution in [2.75, 3.05) is 11.5 Å². The molecule has 1 heterocycles. The minimum atomic E-state index is -0.855. The monoisotopic (exact) mass is 424 g/mol. The van der Waals surface area contributed by atoms with E-state index in [0.717, 1.165) is 11.1 Å². The molecule has 0 radical (unpaired) electrons. The maximum Gasteiger partial charge on any atom is 0.408 e. The van der Waals surface area contributed by atoms with Crippen LogP contribution in [-0.4, -0.2) is 36.7 Å². The van der Waals surface area contributed by atoms with Gasteiger partial charge in [0.15, 0.2) is 0 Å². The van der Waals surface area contributed by atoms with Crippen molar-refractivity contribution in [1.29, 1.82) is 0 Å². The molecule has 31 heavy (non-hydrogen) atoms. The fourth-order valence-electron chi connectivity index (χ4n) is 3.64. The van der Waals surface area contributed by atoms with Gasteiger partial charge in [-0.15, -0.1) is 0 Å². The lowest BCUT2D eigenvalue weighted by Gasteiger charge is -2.30. The van der Waals surface area contributed by atoms with Crippen molar-refractivity contribution < 1.29 is 23.9 Å². The Morgan fingerprint density at radius 2 is 1.71 bits per heavy atom. The van der Waals surface area contributed by atoms with Crippen LogP contribution in [-0.2, 0) is 32.1 Å². The van der Waals surface area contributed by atoms with Crippen LogP contribution in [0.15, 0.2) is 54.6 Å². The zero-order valence-electron chi connectivity index (χ0n) is 18.0. The molecule has 2 atom stereocenters. The van der Waals surface area contributed by atoms with E-state index in [0.29, 0.717) is 12.1 Å². The van der Waals surface area contributed by atoms with Gasteiger partial charge in [0.1, 0.15) is 18.7 Å². The summed E-state index contributed by atoms with van der Waals surface area (Å²) in [5, 5.41) is 2.68. The van der Waals surface area contributed by atoms with E-state index in [9.17, 15) is 14.4 Å². The van der Waals surface area contributed by atoms with Crippen LogP contribution >= 0.6 is 0 Å². The fraction of sp³-hybridized carbons (Fsp3) is 0.375. The maximum absolute atomic E-state index is 13.5. The summed E-state index contributed by atoms with van der Waals surface area (Å²) in [6, 6.07) is 15.1. The van der Waals surface area contributed by atoms with E-state index in [1.165, 1.54) is 4.90 Å². The summed E-state index contributed by atoms with van der Waals surface area (Å²) in [4.78, 5) is 40.0. The molecule has 164 valence electrons. The third-order valence-electron chi connectivity index (χ3n) is 5.19. The topological polar surface area (TPSA) is 84.9 Å². The first kappa shape index (κ1) is 22.3. The first-order chi connectivity index (χ1) is 14.9. The number of anilines is 1. The normalized spacial score (nSPS) is 15.9. The van der Waals surface area contributed by atoms with Gasteiger partial charge in [-0.25, -0.2) is 9.59 Å². The van der Waals surface area contributed by atoms with Gasteiger partial charge in [-0.1, -0.05) is 62.4 Å². The van der Waals surface area contributed by atoms with E-state index in [1.807, 2.05) is 62.4 Å². The molecule has 3 rings (SSSR count). The Kier molecular flexibility index (Phi) is 7.28. The summed E-state index contributed by atoms with van der Waals surface area (Å²) in [5.41, 5.74) is 2.40. The summed E-state index contributed by atoms with van der Waals surface area (Å²) < 4.78 is 10.5. The van der Waals surface area contributed by atoms with Gasteiger partial charge in [0.05, 0.1) is 6.61 Å². The minimum Gasteiger partial charge on any atom is -0.464 e. The number of benzene rings is 2. The third kappa shape index (κ3) is 5.23. The lowest BCUT2D eigenvalue weighted by molar-refractivity contribution is -0.145. The number of ether oxygens (including phenoxy) is 2. The molecular weight excluding hydrogens is 396 g/mol. The summed E-state index contributed by atoms with van der Waals surface area (Å²) in [6.07, 6.45) is -0.305. The summed E-state index contributed by atoms with van der Waals surface area (Å²) in [5.74, 6) is -1.04. The number of carbonyl (C=O) groups excluding carboxylic acids is 3. The van der Waals surface area contributed by atoms with E-state index >= 15 is 0 Å². The molecule has 7 heteroatoms. The average Bonchev–Trinajstić information content (AvgIpc) is 3.16. The van der Waals surface area contributed by atoms with E-state index in [-0.39, 0.29) is 25.0 Å². The second-order valence-electron chi connectivity index (χ2n) is 7.74. The SMILES string of the molecule is CCOC(=O)[C@@H]1Cc2ccccc2N1C(=O)[C@@H](NC(=O)OCc1ccccc1)C(C)C. The summed E-state index contributed by atoms with van der Waals surface area (Å²) in [7, 11) is 0. The van der Waals surface area contributed by atoms with Crippen LogP contribution < -0.4 is 10.2 Å². The molecule has 2 aromatic carbocycles. The van der Waals surface area contributed by atoms with Crippen LogP contribution in [0.1, 0.15) is 31.9 Å². The number of hydrogen-bond donors (Lipinski definition) is 1. The standard InChI is InChI=1S/C24H28N2O5/c1-4-30-23(28)20-14-18-12-8-9-13-19(18)26(20)22(27)21(16(2)3)25-24(29)31-15-17-10-6-5-7-11-17/h5-13,16,20-21H,4,14-15H2,1-3H3,(H,25,29)/t20-,21-/m0/s1. The Balaban J connectivity index is 1.77. The Labute approximate surface area is 182 Å². The van der Waals surface area contributed by atoms with Crippen LogP contribution in [0.3, 0.4) is 0 Å². The Morgan fingerprint density at radius 1 is 1.03 bits per heavy atom. The van der Waals surface area contributed by atoms with E-state index in [2.05, 4.69) is 5.32 Å². The van der Waals surface area contributed by atoms with Crippen molar-refractivity contribution >= 4 is 23.7 Å². The second kappa shape index (κ2) is 10.1. The maximum atomic E-state index is 13.5. The number of carbonyl (C=O) groups is 3. The predicted octanol–water partition coefficient (Wildman–Crippen LogP) is 3.46. The van der Waals surface area contributed by atoms with Gasteiger partial charge < -0.3 is 14.8 Å². The lowest BCUT2D eigenvalue weighted by Crippen LogP contribution is -2.55. The van der Waals surface area contributed by atoms with E-state index in [1.54, 1.807) is 13.0 Å². The van der Waals surface area contributed by atoms with Gasteiger partial charge in [0.25, 0.3) is 5.91 Å². The fourth-order valence-corrected chi connectivity index (χ4v) is 3.64. The van der Waals surface area contributed by atoms with Crippen molar-refractivity contribution in [3.05, 3.63) is 65.7 Å². The highest BCUT2D eigenvalue weighted by Crippen LogP contribution is 2.33. The molecule has 2 aromatic rings. The largest absolute Gasteiger partial charge is 0.464 e. The number of esters is 1. The lowest BCUT2D eigenvalue weighted by atomic mass is 10.0. The number of para-hydroxylation sites is 1. The number of hydrogen-bond acceptors (Lipinski definition) is 5. The number of nitrogens with one attached hydrogen (secondary N) is 1. The van der Waals surface area contributed by atoms with E-state index in [4.69, 9.17) is 9.47 Å². The molecule has 0 saturated heterocycles. The minimum absolute atomic E-state index is 0.101. The van der Waals surface area contributed by atoms with Crippen molar-refractivity contribution in [1.82, 2.24) is 5.32 Å². The molecule has 0 spiro atoms. The second-order valence-corrected chi connectivity index (χ2v) is 7.74. The molecule has 0 saturated carbocycles. The molecule has 0 bridgehead atoms. The Hall–Kier alpha value is -3.35. The van der Waals surface area contributed by atoms with Gasteiger partial charge >= 0.3 is 12.1 Å². The van der Waals surface area contributed by atoms with Gasteiger partial charge in [-0.05, 0) is 30.0 Å². The van der Waals surface area contributed by atoms with Crippen LogP contribution in [0.5, 0.6) is 0 Å². The van der Waals surface area contributed by atoms with Gasteiger partial charge in [-0.3, -0.25) is 9.69 Å². The van der Waals surface area contributed by atoms with Crippen molar-refractivity contribution in [3.8, 4) is 0 Å². The average molecular weight is 424 g/mol. The zero-order valence-corrected chi connectivity index (χ0v) is 18.0. The van der Waals surface area contributed by atoms with E-state index < -0.39 is 24.1 Å². The number of nitrogens with zero attached hydrogens (tertiary/aromatic N) is 1. The number of amides is 2. The third-order valence-corrected chi connectivity index (χ3v) is 5.19. The molecule has 1 aliphatic heterocycles. The smallest absolute Gasteiger partial charge is 0.408 e. The highest BCUT2D eigenvalue weighted by Gasteiger charge is 2.42. The molecular formula is C24H28N2O5. The molecule has 0 aliphatic carbocycles. The first-order valence-corrected chi connectivity index (χ1v) is 10.5. The van der Waals surface area contributed by atoms with Gasteiger partial charge in [-0.2, -0.15) is 0 Å². The molecule has 0 unspecified atom stereocenters. The van der Waals surface area contributed by atoms with Gasteiger partial charge in [0, 0.05) is 12.1 Å². The van der Waals surface area contributed by atoms with Crippen LogP contribution in [0.2, 0.25) is 0 Å². The van der Waals surface area contributed by atoms with Crippen LogP contribution in [0, 0.1) is 5.92 Å². The first-order valence-electron chi connectivity index (χ1n) is 10.5. The number of alkyl carbamates (subject to hydrolysis) is 1. The quantitative estimate of drug-likeness (QED) is 0.688. The van der Waals surface area contributed by atoms with Crippen molar-refractivity contribution in [2.45, 2.75) is 45.9 Å². The zero-order chi connectivity index (χ0) is 22.4. The molecule has 0 fully saturated rings.